The van der Waals surface area contributed by atoms with E-state index in [1.54, 1.807) is 30.3 Å². The second kappa shape index (κ2) is 11.4. The van der Waals surface area contributed by atoms with Crippen molar-refractivity contribution in [3.63, 3.8) is 0 Å². The molecule has 5 rings (SSSR count). The fraction of sp³-hybridized carbons (Fsp3) is 0.231. The van der Waals surface area contributed by atoms with Crippen molar-refractivity contribution in [3.05, 3.63) is 74.8 Å². The third-order valence-corrected chi connectivity index (χ3v) is 6.85. The molecule has 12 nitrogen and oxygen atoms in total. The van der Waals surface area contributed by atoms with Gasteiger partial charge >= 0.3 is 0 Å². The molecule has 1 amide bonds. The number of thiocarbonyl (C=S) groups is 1. The second-order valence-electron chi connectivity index (χ2n) is 8.93. The molecule has 4 aromatic rings. The number of carbonyl (C=O) groups excluding carboxylic acids is 1. The number of benzene rings is 3. The van der Waals surface area contributed by atoms with Crippen LogP contribution in [0.3, 0.4) is 0 Å². The van der Waals surface area contributed by atoms with Gasteiger partial charge in [-0.15, -0.1) is 10.2 Å². The van der Waals surface area contributed by atoms with Crippen LogP contribution in [0.25, 0.3) is 16.7 Å². The smallest absolute Gasteiger partial charge is 0.293 e. The Labute approximate surface area is 238 Å². The van der Waals surface area contributed by atoms with E-state index < -0.39 is 10.8 Å². The Hall–Kier alpha value is -4.33. The zero-order valence-electron chi connectivity index (χ0n) is 21.5. The number of methoxy groups -OCH3 is 1. The van der Waals surface area contributed by atoms with Crippen molar-refractivity contribution in [1.82, 2.24) is 20.3 Å². The highest BCUT2D eigenvalue weighted by Crippen LogP contribution is 2.30. The number of hydrogen-bond donors (Lipinski definition) is 2. The van der Waals surface area contributed by atoms with Gasteiger partial charge in [0.2, 0.25) is 0 Å². The van der Waals surface area contributed by atoms with Crippen molar-refractivity contribution < 1.29 is 19.2 Å². The molecule has 0 unspecified atom stereocenters. The molecule has 1 aliphatic heterocycles. The van der Waals surface area contributed by atoms with E-state index in [0.29, 0.717) is 65.2 Å². The predicted octanol–water partition coefficient (Wildman–Crippen LogP) is 4.26. The SMILES string of the molecule is COc1ccc(-n2nc3cc(C)c(NC(=S)NC(=O)c4ccc(N5CCOCC5)c([N+](=O)[O-])c4)cc3n2)cc1Cl. The lowest BCUT2D eigenvalue weighted by Crippen LogP contribution is -2.37. The zero-order valence-corrected chi connectivity index (χ0v) is 23.1. The lowest BCUT2D eigenvalue weighted by Gasteiger charge is -2.28. The minimum absolute atomic E-state index is 0.0293. The summed E-state index contributed by atoms with van der Waals surface area (Å²) in [5.41, 5.74) is 3.73. The van der Waals surface area contributed by atoms with E-state index in [-0.39, 0.29) is 16.4 Å². The molecule has 40 heavy (non-hydrogen) atoms. The molecular weight excluding hydrogens is 558 g/mol. The molecule has 1 fully saturated rings. The number of anilines is 2. The molecule has 1 saturated heterocycles. The van der Waals surface area contributed by atoms with E-state index in [1.807, 2.05) is 17.9 Å². The van der Waals surface area contributed by atoms with Crippen molar-refractivity contribution in [2.45, 2.75) is 6.92 Å². The second-order valence-corrected chi connectivity index (χ2v) is 9.75. The molecule has 0 bridgehead atoms. The first kappa shape index (κ1) is 27.2. The van der Waals surface area contributed by atoms with E-state index in [2.05, 4.69) is 20.8 Å². The number of morpholine rings is 1. The van der Waals surface area contributed by atoms with Crippen molar-refractivity contribution in [1.29, 1.82) is 0 Å². The van der Waals surface area contributed by atoms with E-state index >= 15 is 0 Å². The summed E-state index contributed by atoms with van der Waals surface area (Å²) in [6.07, 6.45) is 0. The maximum absolute atomic E-state index is 12.9. The lowest BCUT2D eigenvalue weighted by molar-refractivity contribution is -0.384. The van der Waals surface area contributed by atoms with Gasteiger partial charge in [-0.05, 0) is 67.2 Å². The molecule has 0 aliphatic carbocycles. The summed E-state index contributed by atoms with van der Waals surface area (Å²) in [4.78, 5) is 27.5. The Kier molecular flexibility index (Phi) is 7.78. The van der Waals surface area contributed by atoms with Crippen LogP contribution in [0.2, 0.25) is 5.02 Å². The molecule has 14 heteroatoms. The number of nitro benzene ring substituents is 1. The highest BCUT2D eigenvalue weighted by molar-refractivity contribution is 7.80. The summed E-state index contributed by atoms with van der Waals surface area (Å²) in [7, 11) is 1.54. The highest BCUT2D eigenvalue weighted by atomic mass is 35.5. The van der Waals surface area contributed by atoms with Gasteiger partial charge in [0, 0.05) is 30.4 Å². The maximum atomic E-state index is 12.9. The fourth-order valence-corrected chi connectivity index (χ4v) is 4.76. The molecule has 2 N–H and O–H groups in total. The summed E-state index contributed by atoms with van der Waals surface area (Å²) in [6.45, 7) is 3.90. The number of nitrogens with zero attached hydrogens (tertiary/aromatic N) is 5. The van der Waals surface area contributed by atoms with Crippen LogP contribution in [-0.2, 0) is 4.74 Å². The standard InChI is InChI=1S/C26H24ClN7O5S/c1-15-11-20-21(31-33(30-20)17-4-6-24(38-2)18(27)13-17)14-19(15)28-26(40)29-25(35)16-3-5-22(23(12-16)34(36)37)32-7-9-39-10-8-32/h3-6,11-14H,7-10H2,1-2H3,(H2,28,29,35,40). The fourth-order valence-electron chi connectivity index (χ4n) is 4.31. The van der Waals surface area contributed by atoms with Gasteiger partial charge in [0.25, 0.3) is 11.6 Å². The zero-order chi connectivity index (χ0) is 28.4. The monoisotopic (exact) mass is 581 g/mol. The average molecular weight is 582 g/mol. The Morgan fingerprint density at radius 2 is 1.85 bits per heavy atom. The topological polar surface area (TPSA) is 137 Å². The number of aryl methyl sites for hydroxylation is 1. The number of ether oxygens (including phenoxy) is 2. The van der Waals surface area contributed by atoms with Gasteiger partial charge in [-0.3, -0.25) is 20.2 Å². The average Bonchev–Trinajstić information content (AvgIpc) is 3.35. The van der Waals surface area contributed by atoms with Crippen LogP contribution in [0.5, 0.6) is 5.75 Å². The van der Waals surface area contributed by atoms with E-state index in [0.717, 1.165) is 5.56 Å². The van der Waals surface area contributed by atoms with Gasteiger partial charge in [0.1, 0.15) is 22.5 Å². The van der Waals surface area contributed by atoms with Crippen LogP contribution < -0.4 is 20.3 Å². The molecule has 0 spiro atoms. The van der Waals surface area contributed by atoms with Gasteiger partial charge in [0.15, 0.2) is 5.11 Å². The Morgan fingerprint density at radius 3 is 2.52 bits per heavy atom. The van der Waals surface area contributed by atoms with Gasteiger partial charge in [0.05, 0.1) is 36.0 Å². The molecule has 0 radical (unpaired) electrons. The summed E-state index contributed by atoms with van der Waals surface area (Å²) < 4.78 is 10.5. The molecule has 1 aromatic heterocycles. The van der Waals surface area contributed by atoms with Crippen molar-refractivity contribution in [2.75, 3.05) is 43.6 Å². The third-order valence-electron chi connectivity index (χ3n) is 6.35. The van der Waals surface area contributed by atoms with Crippen LogP contribution in [-0.4, -0.2) is 64.3 Å². The Balaban J connectivity index is 1.31. The number of hydrogen-bond acceptors (Lipinski definition) is 9. The van der Waals surface area contributed by atoms with Crippen molar-refractivity contribution >= 4 is 62.9 Å². The number of nitro groups is 1. The predicted molar refractivity (Wildman–Crippen MR) is 155 cm³/mol. The molecule has 2 heterocycles. The third kappa shape index (κ3) is 5.66. The minimum atomic E-state index is -0.574. The molecule has 0 saturated carbocycles. The Bertz CT molecular complexity index is 1640. The largest absolute Gasteiger partial charge is 0.495 e. The quantitative estimate of drug-likeness (QED) is 0.193. The van der Waals surface area contributed by atoms with Crippen LogP contribution in [0.4, 0.5) is 17.1 Å². The number of amides is 1. The van der Waals surface area contributed by atoms with Crippen LogP contribution in [0.1, 0.15) is 15.9 Å². The normalized spacial score (nSPS) is 13.2. The molecule has 0 atom stereocenters. The molecule has 206 valence electrons. The van der Waals surface area contributed by atoms with Crippen LogP contribution in [0.15, 0.2) is 48.5 Å². The number of nitrogens with one attached hydrogen (secondary N) is 2. The minimum Gasteiger partial charge on any atom is -0.495 e. The summed E-state index contributed by atoms with van der Waals surface area (Å²) >= 11 is 11.6. The van der Waals surface area contributed by atoms with Crippen molar-refractivity contribution in [3.8, 4) is 11.4 Å². The number of aromatic nitrogens is 3. The van der Waals surface area contributed by atoms with E-state index in [1.165, 1.54) is 24.0 Å². The van der Waals surface area contributed by atoms with E-state index in [9.17, 15) is 14.9 Å². The first-order valence-corrected chi connectivity index (χ1v) is 13.0. The van der Waals surface area contributed by atoms with Gasteiger partial charge < -0.3 is 19.7 Å². The van der Waals surface area contributed by atoms with Gasteiger partial charge in [-0.25, -0.2) is 0 Å². The molecule has 3 aromatic carbocycles. The summed E-state index contributed by atoms with van der Waals surface area (Å²) in [5.74, 6) is -0.0298. The Morgan fingerprint density at radius 1 is 1.12 bits per heavy atom. The lowest BCUT2D eigenvalue weighted by atomic mass is 10.1. The number of fused-ring (bicyclic) bond motifs is 1. The van der Waals surface area contributed by atoms with E-state index in [4.69, 9.17) is 33.3 Å². The van der Waals surface area contributed by atoms with Crippen LogP contribution >= 0.6 is 23.8 Å². The van der Waals surface area contributed by atoms with Crippen molar-refractivity contribution in [2.24, 2.45) is 0 Å². The summed E-state index contributed by atoms with van der Waals surface area (Å²) in [5, 5.41) is 26.8. The first-order chi connectivity index (χ1) is 19.2. The number of carbonyl (C=O) groups is 1. The van der Waals surface area contributed by atoms with Gasteiger partial charge in [-0.1, -0.05) is 11.6 Å². The number of rotatable bonds is 6. The van der Waals surface area contributed by atoms with Crippen LogP contribution in [0, 0.1) is 17.0 Å². The summed E-state index contributed by atoms with van der Waals surface area (Å²) in [6, 6.07) is 13.2. The first-order valence-electron chi connectivity index (χ1n) is 12.2. The highest BCUT2D eigenvalue weighted by Gasteiger charge is 2.24. The van der Waals surface area contributed by atoms with Gasteiger partial charge in [-0.2, -0.15) is 4.80 Å². The molecular formula is C26H24ClN7O5S. The number of halogens is 1. The molecule has 1 aliphatic rings. The maximum Gasteiger partial charge on any atom is 0.293 e.